The molecule has 0 aliphatic carbocycles. The fourth-order valence-corrected chi connectivity index (χ4v) is 3.30. The second-order valence-corrected chi connectivity index (χ2v) is 7.93. The predicted molar refractivity (Wildman–Crippen MR) is 105 cm³/mol. The maximum Gasteiger partial charge on any atom is 0.278 e. The molecule has 2 aromatic carbocycles. The van der Waals surface area contributed by atoms with Crippen LogP contribution in [-0.2, 0) is 10.0 Å². The third-order valence-corrected chi connectivity index (χ3v) is 4.58. The van der Waals surface area contributed by atoms with Crippen molar-refractivity contribution in [1.82, 2.24) is 25.8 Å². The number of rotatable bonds is 5. The summed E-state index contributed by atoms with van der Waals surface area (Å²) in [6.07, 6.45) is 1.02. The van der Waals surface area contributed by atoms with Crippen LogP contribution in [0.15, 0.2) is 40.9 Å². The Bertz CT molecular complexity index is 1400. The summed E-state index contributed by atoms with van der Waals surface area (Å²) in [5.41, 5.74) is 1.59. The number of carbonyl (C=O) groups excluding carboxylic acids is 1. The minimum atomic E-state index is -3.46. The van der Waals surface area contributed by atoms with Gasteiger partial charge in [0.2, 0.25) is 15.8 Å². The van der Waals surface area contributed by atoms with Crippen LogP contribution in [0.5, 0.6) is 0 Å². The molecular weight excluding hydrogens is 412 g/mol. The second-order valence-electron chi connectivity index (χ2n) is 6.18. The van der Waals surface area contributed by atoms with Crippen LogP contribution in [0, 0.1) is 11.3 Å². The lowest BCUT2D eigenvalue weighted by Gasteiger charge is -2.08. The lowest BCUT2D eigenvalue weighted by atomic mass is 10.1. The van der Waals surface area contributed by atoms with Crippen LogP contribution in [0.4, 0.5) is 11.4 Å². The number of nitrogens with one attached hydrogen (secondary N) is 3. The van der Waals surface area contributed by atoms with Crippen molar-refractivity contribution in [3.05, 3.63) is 47.7 Å². The number of amides is 1. The van der Waals surface area contributed by atoms with Gasteiger partial charge in [0.1, 0.15) is 0 Å². The molecule has 0 saturated heterocycles. The molecule has 0 fully saturated rings. The van der Waals surface area contributed by atoms with E-state index in [4.69, 9.17) is 9.78 Å². The van der Waals surface area contributed by atoms with Crippen molar-refractivity contribution in [3.8, 4) is 17.5 Å². The van der Waals surface area contributed by atoms with Crippen molar-refractivity contribution in [3.63, 3.8) is 0 Å². The van der Waals surface area contributed by atoms with Gasteiger partial charge in [-0.3, -0.25) is 9.52 Å². The number of hydrogen-bond donors (Lipinski definition) is 3. The van der Waals surface area contributed by atoms with Crippen molar-refractivity contribution in [2.24, 2.45) is 0 Å². The molecular formula is C17H12N8O4S. The molecule has 0 spiro atoms. The van der Waals surface area contributed by atoms with Crippen molar-refractivity contribution >= 4 is 38.3 Å². The van der Waals surface area contributed by atoms with E-state index in [2.05, 4.69) is 35.8 Å². The minimum Gasteiger partial charge on any atom is -0.355 e. The molecule has 2 aromatic heterocycles. The number of aromatic amines is 1. The lowest BCUT2D eigenvalue weighted by molar-refractivity contribution is 0.102. The Labute approximate surface area is 168 Å². The Morgan fingerprint density at radius 3 is 2.77 bits per heavy atom. The average molecular weight is 424 g/mol. The molecule has 150 valence electrons. The summed E-state index contributed by atoms with van der Waals surface area (Å²) in [7, 11) is -3.46. The van der Waals surface area contributed by atoms with E-state index in [9.17, 15) is 13.2 Å². The Balaban J connectivity index is 1.67. The molecule has 2 heterocycles. The number of tetrazole rings is 1. The fourth-order valence-electron chi connectivity index (χ4n) is 2.74. The highest BCUT2D eigenvalue weighted by atomic mass is 32.2. The number of sulfonamides is 1. The fraction of sp³-hybridized carbons (Fsp3) is 0.0588. The normalized spacial score (nSPS) is 11.2. The molecule has 0 saturated carbocycles. The maximum atomic E-state index is 12.8. The van der Waals surface area contributed by atoms with Crippen LogP contribution < -0.4 is 10.0 Å². The zero-order valence-electron chi connectivity index (χ0n) is 15.2. The smallest absolute Gasteiger partial charge is 0.278 e. The molecule has 12 nitrogen and oxygen atoms in total. The van der Waals surface area contributed by atoms with Gasteiger partial charge in [0, 0.05) is 11.6 Å². The third kappa shape index (κ3) is 3.80. The van der Waals surface area contributed by atoms with Crippen LogP contribution in [0.2, 0.25) is 0 Å². The molecule has 30 heavy (non-hydrogen) atoms. The van der Waals surface area contributed by atoms with Gasteiger partial charge in [-0.25, -0.2) is 8.42 Å². The van der Waals surface area contributed by atoms with E-state index < -0.39 is 15.9 Å². The minimum absolute atomic E-state index is 0.000623. The summed E-state index contributed by atoms with van der Waals surface area (Å²) in [4.78, 5) is 12.8. The quantitative estimate of drug-likeness (QED) is 0.428. The van der Waals surface area contributed by atoms with E-state index >= 15 is 0 Å². The first kappa shape index (κ1) is 19.0. The van der Waals surface area contributed by atoms with Gasteiger partial charge < -0.3 is 9.84 Å². The van der Waals surface area contributed by atoms with Gasteiger partial charge >= 0.3 is 0 Å². The van der Waals surface area contributed by atoms with Crippen LogP contribution in [0.3, 0.4) is 0 Å². The second kappa shape index (κ2) is 7.26. The van der Waals surface area contributed by atoms with E-state index in [-0.39, 0.29) is 22.8 Å². The number of H-pyrrole nitrogens is 1. The third-order valence-electron chi connectivity index (χ3n) is 3.97. The molecule has 0 atom stereocenters. The Hall–Kier alpha value is -4.31. The first-order valence-corrected chi connectivity index (χ1v) is 10.2. The monoisotopic (exact) mass is 424 g/mol. The van der Waals surface area contributed by atoms with Gasteiger partial charge in [-0.15, -0.1) is 10.2 Å². The Morgan fingerprint density at radius 2 is 2.07 bits per heavy atom. The standard InChI is InChI=1S/C17H12N8O4S/c1-30(27,28)23-10-3-4-11-14(7-10)29-22-15(11)17(26)19-13-5-2-9(8-18)6-12(13)16-20-24-25-21-16/h2-7,23H,1H3,(H,19,26)(H,20,21,24,25). The van der Waals surface area contributed by atoms with E-state index in [1.54, 1.807) is 6.07 Å². The molecule has 3 N–H and O–H groups in total. The first-order valence-electron chi connectivity index (χ1n) is 8.30. The Kier molecular flexibility index (Phi) is 4.60. The highest BCUT2D eigenvalue weighted by Gasteiger charge is 2.20. The number of hydrogen-bond acceptors (Lipinski definition) is 9. The van der Waals surface area contributed by atoms with Gasteiger partial charge in [0.25, 0.3) is 5.91 Å². The molecule has 1 amide bonds. The maximum absolute atomic E-state index is 12.8. The summed E-state index contributed by atoms with van der Waals surface area (Å²) in [6, 6.07) is 11.0. The summed E-state index contributed by atoms with van der Waals surface area (Å²) < 4.78 is 30.2. The molecule has 0 radical (unpaired) electrons. The number of benzene rings is 2. The Morgan fingerprint density at radius 1 is 1.23 bits per heavy atom. The van der Waals surface area contributed by atoms with Crippen molar-refractivity contribution in [1.29, 1.82) is 5.26 Å². The van der Waals surface area contributed by atoms with Crippen LogP contribution in [0.1, 0.15) is 16.1 Å². The lowest BCUT2D eigenvalue weighted by Crippen LogP contribution is -2.13. The number of nitrogens with zero attached hydrogens (tertiary/aromatic N) is 5. The number of aromatic nitrogens is 5. The number of carbonyl (C=O) groups is 1. The SMILES string of the molecule is CS(=O)(=O)Nc1ccc2c(C(=O)Nc3ccc(C#N)cc3-c3nn[nH]n3)noc2c1. The predicted octanol–water partition coefficient (Wildman–Crippen LogP) is 1.50. The molecule has 0 aliphatic rings. The molecule has 4 rings (SSSR count). The summed E-state index contributed by atoms with van der Waals surface area (Å²) in [5.74, 6) is -0.379. The topological polar surface area (TPSA) is 180 Å². The van der Waals surface area contributed by atoms with E-state index in [1.165, 1.54) is 30.3 Å². The molecule has 0 bridgehead atoms. The van der Waals surface area contributed by atoms with Crippen LogP contribution in [0.25, 0.3) is 22.4 Å². The van der Waals surface area contributed by atoms with Gasteiger partial charge in [-0.05, 0) is 35.5 Å². The zero-order valence-corrected chi connectivity index (χ0v) is 16.1. The van der Waals surface area contributed by atoms with Crippen molar-refractivity contribution < 1.29 is 17.7 Å². The van der Waals surface area contributed by atoms with E-state index in [1.807, 2.05) is 6.07 Å². The largest absolute Gasteiger partial charge is 0.355 e. The average Bonchev–Trinajstić information content (AvgIpc) is 3.36. The van der Waals surface area contributed by atoms with Crippen molar-refractivity contribution in [2.45, 2.75) is 0 Å². The summed E-state index contributed by atoms with van der Waals surface area (Å²) in [5, 5.41) is 29.6. The molecule has 4 aromatic rings. The van der Waals surface area contributed by atoms with Crippen LogP contribution >= 0.6 is 0 Å². The highest BCUT2D eigenvalue weighted by molar-refractivity contribution is 7.92. The number of nitriles is 1. The highest BCUT2D eigenvalue weighted by Crippen LogP contribution is 2.28. The number of fused-ring (bicyclic) bond motifs is 1. The number of anilines is 2. The van der Waals surface area contributed by atoms with Gasteiger partial charge in [0.15, 0.2) is 11.3 Å². The van der Waals surface area contributed by atoms with Crippen LogP contribution in [-0.4, -0.2) is 46.4 Å². The van der Waals surface area contributed by atoms with E-state index in [0.717, 1.165) is 6.26 Å². The summed E-state index contributed by atoms with van der Waals surface area (Å²) >= 11 is 0. The molecule has 13 heteroatoms. The molecule has 0 unspecified atom stereocenters. The summed E-state index contributed by atoms with van der Waals surface area (Å²) in [6.45, 7) is 0. The van der Waals surface area contributed by atoms with Gasteiger partial charge in [-0.1, -0.05) is 5.16 Å². The molecule has 0 aliphatic heterocycles. The van der Waals surface area contributed by atoms with Crippen molar-refractivity contribution in [2.75, 3.05) is 16.3 Å². The van der Waals surface area contributed by atoms with Gasteiger partial charge in [0.05, 0.1) is 34.6 Å². The first-order chi connectivity index (χ1) is 14.3. The van der Waals surface area contributed by atoms with Gasteiger partial charge in [-0.2, -0.15) is 10.5 Å². The van der Waals surface area contributed by atoms with E-state index in [0.29, 0.717) is 22.2 Å². The zero-order chi connectivity index (χ0) is 21.3.